The highest BCUT2D eigenvalue weighted by atomic mass is 16.5. The van der Waals surface area contributed by atoms with E-state index in [1.165, 1.54) is 12.8 Å². The molecule has 0 amide bonds. The van der Waals surface area contributed by atoms with Gasteiger partial charge < -0.3 is 9.84 Å². The molecule has 1 aliphatic heterocycles. The Balaban J connectivity index is 2.08. The predicted molar refractivity (Wildman–Crippen MR) is 60.7 cm³/mol. The van der Waals surface area contributed by atoms with Crippen LogP contribution in [0.3, 0.4) is 0 Å². The summed E-state index contributed by atoms with van der Waals surface area (Å²) in [6, 6.07) is 0. The van der Waals surface area contributed by atoms with Crippen molar-refractivity contribution in [1.82, 2.24) is 0 Å². The molecule has 1 saturated heterocycles. The Morgan fingerprint density at radius 2 is 2.00 bits per heavy atom. The molecule has 2 fully saturated rings. The van der Waals surface area contributed by atoms with E-state index in [4.69, 9.17) is 4.74 Å². The van der Waals surface area contributed by atoms with Crippen molar-refractivity contribution in [2.75, 3.05) is 13.2 Å². The largest absolute Gasteiger partial charge is 0.389 e. The number of aliphatic hydroxyl groups is 1. The lowest BCUT2D eigenvalue weighted by atomic mass is 9.64. The number of ether oxygens (including phenoxy) is 1. The minimum Gasteiger partial charge on any atom is -0.389 e. The summed E-state index contributed by atoms with van der Waals surface area (Å²) in [6.45, 7) is 6.15. The van der Waals surface area contributed by atoms with Gasteiger partial charge in [0.2, 0.25) is 0 Å². The number of rotatable bonds is 1. The van der Waals surface area contributed by atoms with Gasteiger partial charge in [0.15, 0.2) is 0 Å². The first kappa shape index (κ1) is 11.4. The van der Waals surface area contributed by atoms with Crippen molar-refractivity contribution in [3.05, 3.63) is 0 Å². The first-order valence-corrected chi connectivity index (χ1v) is 6.44. The van der Waals surface area contributed by atoms with Crippen LogP contribution < -0.4 is 0 Å². The van der Waals surface area contributed by atoms with Gasteiger partial charge in [-0.15, -0.1) is 0 Å². The van der Waals surface area contributed by atoms with Gasteiger partial charge in [0, 0.05) is 12.5 Å². The van der Waals surface area contributed by atoms with Gasteiger partial charge in [-0.2, -0.15) is 0 Å². The molecule has 2 aliphatic rings. The second-order valence-corrected chi connectivity index (χ2v) is 5.56. The summed E-state index contributed by atoms with van der Waals surface area (Å²) in [5.74, 6) is 1.47. The molecule has 0 aromatic heterocycles. The SMILES string of the molecule is CC1CCCC(O)(C2CCCOC2)C1C. The molecule has 1 aliphatic carbocycles. The van der Waals surface area contributed by atoms with Gasteiger partial charge in [0.05, 0.1) is 12.2 Å². The predicted octanol–water partition coefficient (Wildman–Crippen LogP) is 2.60. The number of hydrogen-bond acceptors (Lipinski definition) is 2. The molecular weight excluding hydrogens is 188 g/mol. The highest BCUT2D eigenvalue weighted by Crippen LogP contribution is 2.44. The summed E-state index contributed by atoms with van der Waals surface area (Å²) >= 11 is 0. The molecular formula is C13H24O2. The summed E-state index contributed by atoms with van der Waals surface area (Å²) in [4.78, 5) is 0. The lowest BCUT2D eigenvalue weighted by molar-refractivity contribution is -0.140. The molecule has 2 nitrogen and oxygen atoms in total. The minimum atomic E-state index is -0.446. The molecule has 0 bridgehead atoms. The fourth-order valence-corrected chi connectivity index (χ4v) is 3.39. The molecule has 0 spiro atoms. The van der Waals surface area contributed by atoms with E-state index in [0.29, 0.717) is 17.8 Å². The fraction of sp³-hybridized carbons (Fsp3) is 1.00. The molecule has 88 valence electrons. The monoisotopic (exact) mass is 212 g/mol. The van der Waals surface area contributed by atoms with Gasteiger partial charge in [-0.05, 0) is 31.1 Å². The average Bonchev–Trinajstić information content (AvgIpc) is 2.27. The Kier molecular flexibility index (Phi) is 3.36. The van der Waals surface area contributed by atoms with Crippen LogP contribution in [0.2, 0.25) is 0 Å². The van der Waals surface area contributed by atoms with Crippen LogP contribution in [0.5, 0.6) is 0 Å². The highest BCUT2D eigenvalue weighted by molar-refractivity contribution is 4.96. The third kappa shape index (κ3) is 2.07. The Bertz CT molecular complexity index is 211. The van der Waals surface area contributed by atoms with Gasteiger partial charge in [-0.1, -0.05) is 26.7 Å². The first-order chi connectivity index (χ1) is 7.14. The fourth-order valence-electron chi connectivity index (χ4n) is 3.39. The van der Waals surface area contributed by atoms with Crippen molar-refractivity contribution in [3.63, 3.8) is 0 Å². The maximum atomic E-state index is 10.9. The average molecular weight is 212 g/mol. The van der Waals surface area contributed by atoms with Crippen LogP contribution >= 0.6 is 0 Å². The van der Waals surface area contributed by atoms with E-state index in [2.05, 4.69) is 13.8 Å². The Labute approximate surface area is 93.0 Å². The summed E-state index contributed by atoms with van der Waals surface area (Å²) < 4.78 is 5.52. The molecule has 1 saturated carbocycles. The molecule has 1 heterocycles. The maximum absolute atomic E-state index is 10.9. The minimum absolute atomic E-state index is 0.379. The van der Waals surface area contributed by atoms with E-state index in [0.717, 1.165) is 32.5 Å². The Morgan fingerprint density at radius 1 is 1.20 bits per heavy atom. The van der Waals surface area contributed by atoms with E-state index in [9.17, 15) is 5.11 Å². The standard InChI is InChI=1S/C13H24O2/c1-10-5-3-7-13(14,11(10)2)12-6-4-8-15-9-12/h10-12,14H,3-9H2,1-2H3. The molecule has 0 radical (unpaired) electrons. The van der Waals surface area contributed by atoms with E-state index >= 15 is 0 Å². The van der Waals surface area contributed by atoms with Crippen molar-refractivity contribution in [1.29, 1.82) is 0 Å². The summed E-state index contributed by atoms with van der Waals surface area (Å²) in [6.07, 6.45) is 5.70. The van der Waals surface area contributed by atoms with Gasteiger partial charge in [-0.3, -0.25) is 0 Å². The zero-order valence-electron chi connectivity index (χ0n) is 10.0. The zero-order valence-corrected chi connectivity index (χ0v) is 10.0. The van der Waals surface area contributed by atoms with E-state index in [1.807, 2.05) is 0 Å². The first-order valence-electron chi connectivity index (χ1n) is 6.44. The van der Waals surface area contributed by atoms with Crippen LogP contribution in [0.15, 0.2) is 0 Å². The quantitative estimate of drug-likeness (QED) is 0.724. The van der Waals surface area contributed by atoms with Crippen molar-refractivity contribution in [3.8, 4) is 0 Å². The summed E-state index contributed by atoms with van der Waals surface area (Å²) in [7, 11) is 0. The second-order valence-electron chi connectivity index (χ2n) is 5.56. The van der Waals surface area contributed by atoms with Crippen LogP contribution in [0.25, 0.3) is 0 Å². The highest BCUT2D eigenvalue weighted by Gasteiger charge is 2.45. The normalized spacial score (nSPS) is 47.8. The van der Waals surface area contributed by atoms with Crippen LogP contribution in [0, 0.1) is 17.8 Å². The lowest BCUT2D eigenvalue weighted by Crippen LogP contribution is -2.51. The van der Waals surface area contributed by atoms with Gasteiger partial charge in [0.25, 0.3) is 0 Å². The van der Waals surface area contributed by atoms with E-state index in [1.54, 1.807) is 0 Å². The van der Waals surface area contributed by atoms with Crippen molar-refractivity contribution in [2.24, 2.45) is 17.8 Å². The molecule has 1 N–H and O–H groups in total. The molecule has 15 heavy (non-hydrogen) atoms. The number of hydrogen-bond donors (Lipinski definition) is 1. The molecule has 2 rings (SSSR count). The molecule has 0 aromatic rings. The Morgan fingerprint density at radius 3 is 2.67 bits per heavy atom. The molecule has 4 atom stereocenters. The molecule has 2 heteroatoms. The van der Waals surface area contributed by atoms with Gasteiger partial charge in [0.1, 0.15) is 0 Å². The van der Waals surface area contributed by atoms with Gasteiger partial charge in [-0.25, -0.2) is 0 Å². The van der Waals surface area contributed by atoms with Crippen LogP contribution in [-0.4, -0.2) is 23.9 Å². The lowest BCUT2D eigenvalue weighted by Gasteiger charge is -2.48. The topological polar surface area (TPSA) is 29.5 Å². The second kappa shape index (κ2) is 4.42. The van der Waals surface area contributed by atoms with Crippen molar-refractivity contribution in [2.45, 2.75) is 51.6 Å². The maximum Gasteiger partial charge on any atom is 0.0725 e. The third-order valence-electron chi connectivity index (χ3n) is 4.75. The van der Waals surface area contributed by atoms with E-state index in [-0.39, 0.29) is 0 Å². The smallest absolute Gasteiger partial charge is 0.0725 e. The van der Waals surface area contributed by atoms with Crippen LogP contribution in [0.4, 0.5) is 0 Å². The van der Waals surface area contributed by atoms with Crippen LogP contribution in [-0.2, 0) is 4.74 Å². The third-order valence-corrected chi connectivity index (χ3v) is 4.75. The Hall–Kier alpha value is -0.0800. The molecule has 4 unspecified atom stereocenters. The van der Waals surface area contributed by atoms with Crippen molar-refractivity contribution >= 4 is 0 Å². The van der Waals surface area contributed by atoms with E-state index < -0.39 is 5.60 Å². The summed E-state index contributed by atoms with van der Waals surface area (Å²) in [5, 5.41) is 10.9. The zero-order chi connectivity index (χ0) is 10.9. The van der Waals surface area contributed by atoms with Gasteiger partial charge >= 0.3 is 0 Å². The molecule has 0 aromatic carbocycles. The van der Waals surface area contributed by atoms with Crippen LogP contribution in [0.1, 0.15) is 46.0 Å². The van der Waals surface area contributed by atoms with Crippen molar-refractivity contribution < 1.29 is 9.84 Å². The summed E-state index contributed by atoms with van der Waals surface area (Å²) in [5.41, 5.74) is -0.446.